The monoisotopic (exact) mass is 357 g/mol. The van der Waals surface area contributed by atoms with E-state index in [0.717, 1.165) is 37.8 Å². The molecule has 1 aliphatic rings. The zero-order chi connectivity index (χ0) is 18.5. The number of amides is 2. The van der Waals surface area contributed by atoms with Crippen LogP contribution in [0.1, 0.15) is 32.1 Å². The van der Waals surface area contributed by atoms with Crippen LogP contribution in [0.15, 0.2) is 30.9 Å². The lowest BCUT2D eigenvalue weighted by molar-refractivity contribution is 0.192. The fraction of sp³-hybridized carbons (Fsp3) is 0.556. The van der Waals surface area contributed by atoms with E-state index in [9.17, 15) is 4.79 Å². The molecule has 2 amide bonds. The minimum Gasteiger partial charge on any atom is -0.339 e. The lowest BCUT2D eigenvalue weighted by Crippen LogP contribution is -2.45. The normalized spacial score (nSPS) is 16.5. The van der Waals surface area contributed by atoms with Gasteiger partial charge < -0.3 is 19.7 Å². The van der Waals surface area contributed by atoms with Gasteiger partial charge >= 0.3 is 6.03 Å². The predicted octanol–water partition coefficient (Wildman–Crippen LogP) is 1.83. The molecule has 0 saturated carbocycles. The Labute approximate surface area is 154 Å². The highest BCUT2D eigenvalue weighted by atomic mass is 16.2. The maximum absolute atomic E-state index is 12.8. The van der Waals surface area contributed by atoms with Crippen LogP contribution in [0, 0.1) is 5.92 Å². The van der Waals surface area contributed by atoms with Crippen LogP contribution >= 0.6 is 0 Å². The van der Waals surface area contributed by atoms with Crippen molar-refractivity contribution in [2.45, 2.75) is 26.3 Å². The number of nitrogens with zero attached hydrogens (tertiary/aromatic N) is 6. The average molecular weight is 357 g/mol. The number of hydrogen-bond donors (Lipinski definition) is 1. The maximum atomic E-state index is 12.8. The molecular formula is C18H27N7O. The van der Waals surface area contributed by atoms with Gasteiger partial charge in [-0.2, -0.15) is 0 Å². The molecule has 0 bridgehead atoms. The highest BCUT2D eigenvalue weighted by molar-refractivity contribution is 5.74. The fourth-order valence-electron chi connectivity index (χ4n) is 3.21. The van der Waals surface area contributed by atoms with Crippen molar-refractivity contribution in [2.75, 3.05) is 31.1 Å². The molecule has 2 aromatic heterocycles. The van der Waals surface area contributed by atoms with Gasteiger partial charge in [0.1, 0.15) is 5.82 Å². The molecule has 1 fully saturated rings. The van der Waals surface area contributed by atoms with E-state index in [0.29, 0.717) is 6.54 Å². The van der Waals surface area contributed by atoms with Gasteiger partial charge in [-0.3, -0.25) is 0 Å². The number of carbonyl (C=O) groups is 1. The molecule has 1 aliphatic heterocycles. The van der Waals surface area contributed by atoms with Crippen molar-refractivity contribution in [2.24, 2.45) is 13.0 Å². The quantitative estimate of drug-likeness (QED) is 0.903. The van der Waals surface area contributed by atoms with E-state index < -0.39 is 0 Å². The van der Waals surface area contributed by atoms with Gasteiger partial charge in [-0.1, -0.05) is 13.8 Å². The number of rotatable bonds is 4. The zero-order valence-corrected chi connectivity index (χ0v) is 15.7. The number of hydrogen-bond acceptors (Lipinski definition) is 5. The number of nitrogens with one attached hydrogen (secondary N) is 1. The van der Waals surface area contributed by atoms with Crippen molar-refractivity contribution in [1.29, 1.82) is 0 Å². The topological polar surface area (TPSA) is 79.2 Å². The van der Waals surface area contributed by atoms with Gasteiger partial charge in [0.25, 0.3) is 0 Å². The van der Waals surface area contributed by atoms with Gasteiger partial charge in [0.2, 0.25) is 5.95 Å². The molecule has 26 heavy (non-hydrogen) atoms. The van der Waals surface area contributed by atoms with E-state index in [-0.39, 0.29) is 18.0 Å². The summed E-state index contributed by atoms with van der Waals surface area (Å²) in [6, 6.07) is 1.66. The lowest BCUT2D eigenvalue weighted by atomic mass is 10.0. The summed E-state index contributed by atoms with van der Waals surface area (Å²) in [5.74, 6) is 1.85. The Hall–Kier alpha value is -2.64. The first-order valence-corrected chi connectivity index (χ1v) is 9.11. The number of anilines is 1. The summed E-state index contributed by atoms with van der Waals surface area (Å²) in [5, 5.41) is 3.17. The van der Waals surface area contributed by atoms with Gasteiger partial charge in [0.05, 0.1) is 6.04 Å². The third kappa shape index (κ3) is 4.12. The summed E-state index contributed by atoms with van der Waals surface area (Å²) < 4.78 is 1.96. The molecule has 0 aliphatic carbocycles. The second-order valence-electron chi connectivity index (χ2n) is 6.94. The summed E-state index contributed by atoms with van der Waals surface area (Å²) in [5.41, 5.74) is 0. The summed E-state index contributed by atoms with van der Waals surface area (Å²) in [6.07, 6.45) is 8.05. The van der Waals surface area contributed by atoms with Crippen molar-refractivity contribution in [3.63, 3.8) is 0 Å². The Morgan fingerprint density at radius 3 is 2.50 bits per heavy atom. The first kappa shape index (κ1) is 18.2. The van der Waals surface area contributed by atoms with E-state index in [1.54, 1.807) is 18.6 Å². The third-order valence-corrected chi connectivity index (χ3v) is 4.70. The summed E-state index contributed by atoms with van der Waals surface area (Å²) in [4.78, 5) is 29.9. The SMILES string of the molecule is CC(C)[C@H](NC(=O)N1CCCN(c2ncccn2)CC1)c1nccn1C. The number of imidazole rings is 1. The molecule has 0 unspecified atom stereocenters. The number of urea groups is 1. The summed E-state index contributed by atoms with van der Waals surface area (Å²) >= 11 is 0. The first-order valence-electron chi connectivity index (χ1n) is 9.11. The smallest absolute Gasteiger partial charge is 0.318 e. The van der Waals surface area contributed by atoms with Crippen LogP contribution < -0.4 is 10.2 Å². The molecule has 3 rings (SSSR count). The number of aryl methyl sites for hydroxylation is 1. The second kappa shape index (κ2) is 8.16. The Bertz CT molecular complexity index is 715. The van der Waals surface area contributed by atoms with Crippen molar-refractivity contribution in [1.82, 2.24) is 29.7 Å². The molecule has 0 aromatic carbocycles. The van der Waals surface area contributed by atoms with Crippen LogP contribution in [0.2, 0.25) is 0 Å². The zero-order valence-electron chi connectivity index (χ0n) is 15.7. The molecule has 140 valence electrons. The van der Waals surface area contributed by atoms with E-state index in [2.05, 4.69) is 39.0 Å². The Balaban J connectivity index is 1.63. The van der Waals surface area contributed by atoms with Crippen molar-refractivity contribution >= 4 is 12.0 Å². The van der Waals surface area contributed by atoms with E-state index in [1.807, 2.05) is 28.8 Å². The molecular weight excluding hydrogens is 330 g/mol. The number of aromatic nitrogens is 4. The van der Waals surface area contributed by atoms with Gasteiger partial charge in [0, 0.05) is 58.0 Å². The van der Waals surface area contributed by atoms with Gasteiger partial charge in [-0.25, -0.2) is 19.7 Å². The summed E-state index contributed by atoms with van der Waals surface area (Å²) in [6.45, 7) is 7.13. The molecule has 0 spiro atoms. The first-order chi connectivity index (χ1) is 12.6. The molecule has 2 aromatic rings. The minimum atomic E-state index is -0.112. The number of carbonyl (C=O) groups excluding carboxylic acids is 1. The molecule has 1 atom stereocenters. The largest absolute Gasteiger partial charge is 0.339 e. The van der Waals surface area contributed by atoms with E-state index in [1.165, 1.54) is 0 Å². The van der Waals surface area contributed by atoms with E-state index >= 15 is 0 Å². The van der Waals surface area contributed by atoms with Crippen LogP contribution in [-0.4, -0.2) is 56.6 Å². The molecule has 1 saturated heterocycles. The maximum Gasteiger partial charge on any atom is 0.318 e. The van der Waals surface area contributed by atoms with E-state index in [4.69, 9.17) is 0 Å². The van der Waals surface area contributed by atoms with Gasteiger partial charge in [0.15, 0.2) is 0 Å². The highest BCUT2D eigenvalue weighted by Crippen LogP contribution is 2.20. The minimum absolute atomic E-state index is 0.0393. The van der Waals surface area contributed by atoms with Gasteiger partial charge in [-0.15, -0.1) is 0 Å². The Kier molecular flexibility index (Phi) is 5.70. The predicted molar refractivity (Wildman–Crippen MR) is 99.8 cm³/mol. The second-order valence-corrected chi connectivity index (χ2v) is 6.94. The van der Waals surface area contributed by atoms with Crippen molar-refractivity contribution in [3.05, 3.63) is 36.7 Å². The molecule has 8 heteroatoms. The van der Waals surface area contributed by atoms with Crippen molar-refractivity contribution < 1.29 is 4.79 Å². The van der Waals surface area contributed by atoms with Crippen LogP contribution in [0.3, 0.4) is 0 Å². The average Bonchev–Trinajstić information content (AvgIpc) is 2.91. The molecule has 0 radical (unpaired) electrons. The van der Waals surface area contributed by atoms with Crippen LogP contribution in [-0.2, 0) is 7.05 Å². The standard InChI is InChI=1S/C18H27N7O/c1-14(2)15(16-19-8-11-23(16)3)22-18(26)25-10-5-9-24(12-13-25)17-20-6-4-7-21-17/h4,6-8,11,14-15H,5,9-10,12-13H2,1-3H3,(H,22,26)/t15-/m0/s1. The van der Waals surface area contributed by atoms with Crippen LogP contribution in [0.25, 0.3) is 0 Å². The third-order valence-electron chi connectivity index (χ3n) is 4.70. The summed E-state index contributed by atoms with van der Waals surface area (Å²) in [7, 11) is 1.95. The van der Waals surface area contributed by atoms with Crippen molar-refractivity contribution in [3.8, 4) is 0 Å². The molecule has 8 nitrogen and oxygen atoms in total. The molecule has 1 N–H and O–H groups in total. The molecule has 3 heterocycles. The van der Waals surface area contributed by atoms with Crippen LogP contribution in [0.5, 0.6) is 0 Å². The Morgan fingerprint density at radius 1 is 1.08 bits per heavy atom. The van der Waals surface area contributed by atoms with Gasteiger partial charge in [-0.05, 0) is 18.4 Å². The lowest BCUT2D eigenvalue weighted by Gasteiger charge is -2.27. The fourth-order valence-corrected chi connectivity index (χ4v) is 3.21. The Morgan fingerprint density at radius 2 is 1.85 bits per heavy atom. The van der Waals surface area contributed by atoms with Crippen LogP contribution in [0.4, 0.5) is 10.7 Å². The highest BCUT2D eigenvalue weighted by Gasteiger charge is 2.26.